The standard InChI is InChI=1S/C17H21ClO4/c1-17(2)11(15(17)16(19)22-5)9-12(18)10-6-7-13(20-3)14(8-10)21-4/h6-9,11,15H,1-5H3. The van der Waals surface area contributed by atoms with Crippen molar-refractivity contribution in [2.45, 2.75) is 13.8 Å². The second kappa shape index (κ2) is 6.21. The second-order valence-corrected chi connectivity index (χ2v) is 6.34. The topological polar surface area (TPSA) is 44.8 Å². The van der Waals surface area contributed by atoms with Crippen molar-refractivity contribution < 1.29 is 19.0 Å². The predicted octanol–water partition coefficient (Wildman–Crippen LogP) is 3.73. The number of rotatable bonds is 5. The van der Waals surface area contributed by atoms with Crippen LogP contribution in [-0.4, -0.2) is 27.3 Å². The van der Waals surface area contributed by atoms with Crippen LogP contribution >= 0.6 is 11.6 Å². The zero-order valence-electron chi connectivity index (χ0n) is 13.5. The number of hydrogen-bond acceptors (Lipinski definition) is 4. The van der Waals surface area contributed by atoms with Gasteiger partial charge in [-0.15, -0.1) is 0 Å². The molecule has 0 N–H and O–H groups in total. The number of ether oxygens (including phenoxy) is 3. The van der Waals surface area contributed by atoms with Gasteiger partial charge in [0.2, 0.25) is 0 Å². The summed E-state index contributed by atoms with van der Waals surface area (Å²) in [6, 6.07) is 5.49. The number of benzene rings is 1. The molecule has 1 saturated carbocycles. The van der Waals surface area contributed by atoms with Crippen LogP contribution < -0.4 is 9.47 Å². The maximum Gasteiger partial charge on any atom is 0.309 e. The quantitative estimate of drug-likeness (QED) is 0.774. The van der Waals surface area contributed by atoms with Crippen molar-refractivity contribution in [1.82, 2.24) is 0 Å². The average molecular weight is 325 g/mol. The van der Waals surface area contributed by atoms with E-state index in [-0.39, 0.29) is 23.2 Å². The van der Waals surface area contributed by atoms with E-state index in [2.05, 4.69) is 0 Å². The zero-order valence-corrected chi connectivity index (χ0v) is 14.2. The lowest BCUT2D eigenvalue weighted by Gasteiger charge is -2.09. The molecule has 1 aromatic carbocycles. The van der Waals surface area contributed by atoms with Gasteiger partial charge in [0.25, 0.3) is 0 Å². The van der Waals surface area contributed by atoms with Crippen LogP contribution in [0.5, 0.6) is 11.5 Å². The minimum Gasteiger partial charge on any atom is -0.493 e. The largest absolute Gasteiger partial charge is 0.493 e. The molecule has 0 aliphatic heterocycles. The first kappa shape index (κ1) is 16.7. The fraction of sp³-hybridized carbons (Fsp3) is 0.471. The molecule has 2 atom stereocenters. The van der Waals surface area contributed by atoms with Gasteiger partial charge in [0.05, 0.1) is 27.2 Å². The monoisotopic (exact) mass is 324 g/mol. The van der Waals surface area contributed by atoms with Crippen LogP contribution in [0.3, 0.4) is 0 Å². The molecule has 0 aromatic heterocycles. The lowest BCUT2D eigenvalue weighted by Crippen LogP contribution is -2.07. The summed E-state index contributed by atoms with van der Waals surface area (Å²) in [4.78, 5) is 11.8. The van der Waals surface area contributed by atoms with Crippen LogP contribution in [0.4, 0.5) is 0 Å². The number of esters is 1. The molecule has 1 aliphatic carbocycles. The van der Waals surface area contributed by atoms with Gasteiger partial charge in [-0.25, -0.2) is 0 Å². The minimum absolute atomic E-state index is 0.0700. The molecule has 0 bridgehead atoms. The molecular weight excluding hydrogens is 304 g/mol. The van der Waals surface area contributed by atoms with E-state index in [1.54, 1.807) is 20.3 Å². The van der Waals surface area contributed by atoms with Crippen LogP contribution in [0.15, 0.2) is 24.3 Å². The van der Waals surface area contributed by atoms with Crippen molar-refractivity contribution in [3.05, 3.63) is 29.8 Å². The summed E-state index contributed by atoms with van der Waals surface area (Å²) in [6.07, 6.45) is 1.92. The van der Waals surface area contributed by atoms with Gasteiger partial charge >= 0.3 is 5.97 Å². The molecule has 0 amide bonds. The van der Waals surface area contributed by atoms with Crippen molar-refractivity contribution in [1.29, 1.82) is 0 Å². The normalized spacial score (nSPS) is 22.9. The van der Waals surface area contributed by atoms with Crippen LogP contribution in [-0.2, 0) is 9.53 Å². The highest BCUT2D eigenvalue weighted by atomic mass is 35.5. The highest BCUT2D eigenvalue weighted by Crippen LogP contribution is 2.60. The Labute approximate surface area is 136 Å². The Bertz CT molecular complexity index is 607. The average Bonchev–Trinajstić information content (AvgIpc) is 3.06. The predicted molar refractivity (Wildman–Crippen MR) is 86.2 cm³/mol. The molecular formula is C17H21ClO4. The first-order chi connectivity index (χ1) is 10.4. The molecule has 1 fully saturated rings. The third kappa shape index (κ3) is 2.93. The lowest BCUT2D eigenvalue weighted by atomic mass is 10.1. The third-order valence-corrected chi connectivity index (χ3v) is 4.70. The molecule has 0 heterocycles. The summed E-state index contributed by atoms with van der Waals surface area (Å²) in [5.41, 5.74) is 0.690. The first-order valence-electron chi connectivity index (χ1n) is 7.04. The SMILES string of the molecule is COC(=O)C1C(C=C(Cl)c2ccc(OC)c(OC)c2)C1(C)C. The van der Waals surface area contributed by atoms with Crippen molar-refractivity contribution in [2.75, 3.05) is 21.3 Å². The van der Waals surface area contributed by atoms with Crippen molar-refractivity contribution in [2.24, 2.45) is 17.3 Å². The molecule has 0 radical (unpaired) electrons. The first-order valence-corrected chi connectivity index (χ1v) is 7.42. The summed E-state index contributed by atoms with van der Waals surface area (Å²) in [6.45, 7) is 4.07. The number of carbonyl (C=O) groups excluding carboxylic acids is 1. The maximum absolute atomic E-state index is 11.8. The van der Waals surface area contributed by atoms with Crippen molar-refractivity contribution in [3.8, 4) is 11.5 Å². The van der Waals surface area contributed by atoms with Gasteiger partial charge in [-0.2, -0.15) is 0 Å². The van der Waals surface area contributed by atoms with Crippen molar-refractivity contribution in [3.63, 3.8) is 0 Å². The molecule has 0 saturated heterocycles. The van der Waals surface area contributed by atoms with Gasteiger partial charge in [0, 0.05) is 5.03 Å². The van der Waals surface area contributed by atoms with Crippen LogP contribution in [0.2, 0.25) is 0 Å². The van der Waals surface area contributed by atoms with Gasteiger partial charge in [0.15, 0.2) is 11.5 Å². The lowest BCUT2D eigenvalue weighted by molar-refractivity contribution is -0.143. The Morgan fingerprint density at radius 3 is 2.36 bits per heavy atom. The molecule has 120 valence electrons. The van der Waals surface area contributed by atoms with Gasteiger partial charge in [-0.3, -0.25) is 4.79 Å². The highest BCUT2D eigenvalue weighted by molar-refractivity contribution is 6.48. The molecule has 2 unspecified atom stereocenters. The molecule has 0 spiro atoms. The maximum atomic E-state index is 11.8. The van der Waals surface area contributed by atoms with E-state index in [4.69, 9.17) is 25.8 Å². The van der Waals surface area contributed by atoms with E-state index >= 15 is 0 Å². The van der Waals surface area contributed by atoms with Crippen molar-refractivity contribution >= 4 is 22.6 Å². The number of halogens is 1. The Morgan fingerprint density at radius 2 is 1.82 bits per heavy atom. The molecule has 1 aliphatic rings. The smallest absolute Gasteiger partial charge is 0.309 e. The molecule has 4 nitrogen and oxygen atoms in total. The zero-order chi connectivity index (χ0) is 16.5. The fourth-order valence-corrected chi connectivity index (χ4v) is 3.06. The second-order valence-electron chi connectivity index (χ2n) is 5.93. The van der Waals surface area contributed by atoms with E-state index in [1.807, 2.05) is 32.1 Å². The van der Waals surface area contributed by atoms with Gasteiger partial charge in [-0.1, -0.05) is 31.5 Å². The summed E-state index contributed by atoms with van der Waals surface area (Å²) in [7, 11) is 4.58. The number of methoxy groups -OCH3 is 3. The van der Waals surface area contributed by atoms with Crippen LogP contribution in [0.25, 0.3) is 5.03 Å². The minimum atomic E-state index is -0.192. The fourth-order valence-electron chi connectivity index (χ4n) is 2.80. The Balaban J connectivity index is 2.25. The summed E-state index contributed by atoms with van der Waals surface area (Å²) >= 11 is 6.42. The number of carbonyl (C=O) groups is 1. The Kier molecular flexibility index (Phi) is 4.71. The summed E-state index contributed by atoms with van der Waals surface area (Å²) < 4.78 is 15.3. The van der Waals surface area contributed by atoms with E-state index in [0.29, 0.717) is 16.5 Å². The summed E-state index contributed by atoms with van der Waals surface area (Å²) in [5.74, 6) is 0.996. The van der Waals surface area contributed by atoms with E-state index in [1.165, 1.54) is 7.11 Å². The highest BCUT2D eigenvalue weighted by Gasteiger charge is 2.61. The van der Waals surface area contributed by atoms with E-state index in [0.717, 1.165) is 5.56 Å². The molecule has 1 aromatic rings. The van der Waals surface area contributed by atoms with Crippen LogP contribution in [0.1, 0.15) is 19.4 Å². The molecule has 2 rings (SSSR count). The van der Waals surface area contributed by atoms with Crippen LogP contribution in [0, 0.1) is 17.3 Å². The summed E-state index contributed by atoms with van der Waals surface area (Å²) in [5, 5.41) is 0.588. The molecule has 5 heteroatoms. The molecule has 22 heavy (non-hydrogen) atoms. The van der Waals surface area contributed by atoms with Gasteiger partial charge in [-0.05, 0) is 35.1 Å². The Morgan fingerprint density at radius 1 is 1.18 bits per heavy atom. The third-order valence-electron chi connectivity index (χ3n) is 4.35. The van der Waals surface area contributed by atoms with Gasteiger partial charge < -0.3 is 14.2 Å². The number of allylic oxidation sites excluding steroid dienone is 1. The Hall–Kier alpha value is -1.68. The van der Waals surface area contributed by atoms with E-state index in [9.17, 15) is 4.79 Å². The number of hydrogen-bond donors (Lipinski definition) is 0. The van der Waals surface area contributed by atoms with Gasteiger partial charge in [0.1, 0.15) is 0 Å². The van der Waals surface area contributed by atoms with E-state index < -0.39 is 0 Å².